The number of nitrogens with zero attached hydrogens (tertiary/aromatic N) is 2. The van der Waals surface area contributed by atoms with Gasteiger partial charge in [0.15, 0.2) is 5.88 Å². The molecule has 1 saturated heterocycles. The second kappa shape index (κ2) is 23.4. The molecule has 1 heterocycles. The van der Waals surface area contributed by atoms with Crippen molar-refractivity contribution in [2.45, 2.75) is 74.5 Å². The molecule has 0 aromatic heterocycles. The van der Waals surface area contributed by atoms with Gasteiger partial charge in [-0.1, -0.05) is 103 Å². The Morgan fingerprint density at radius 1 is 1.00 bits per heavy atom. The predicted octanol–water partition coefficient (Wildman–Crippen LogP) is 8.32. The normalized spacial score (nSPS) is 14.9. The van der Waals surface area contributed by atoms with Crippen LogP contribution < -0.4 is 0 Å². The van der Waals surface area contributed by atoms with Crippen LogP contribution >= 0.6 is 11.6 Å². The number of allylic oxidation sites excluding steroid dienone is 1. The summed E-state index contributed by atoms with van der Waals surface area (Å²) in [6, 6.07) is 17.7. The van der Waals surface area contributed by atoms with E-state index in [4.69, 9.17) is 16.3 Å². The van der Waals surface area contributed by atoms with Crippen molar-refractivity contribution in [3.05, 3.63) is 82.7 Å². The molecule has 0 aliphatic carbocycles. The van der Waals surface area contributed by atoms with Gasteiger partial charge in [0.1, 0.15) is 12.9 Å². The first kappa shape index (κ1) is 34.9. The highest BCUT2D eigenvalue weighted by Crippen LogP contribution is 2.18. The lowest BCUT2D eigenvalue weighted by atomic mass is 10.2. The van der Waals surface area contributed by atoms with Gasteiger partial charge in [-0.3, -0.25) is 4.79 Å². The summed E-state index contributed by atoms with van der Waals surface area (Å²) >= 11 is 5.56. The minimum Gasteiger partial charge on any atom is -0.474 e. The third-order valence-electron chi connectivity index (χ3n) is 4.71. The summed E-state index contributed by atoms with van der Waals surface area (Å²) in [7, 11) is 2.18. The number of rotatable bonds is 6. The standard InChI is InChI=1S/C17H26N2O.C7H5ClO.3C2H6/c1-4-8-17(19-12-11-18(3)13-15(19)2)20-14-16-9-6-5-7-10-16;8-7-3-1-2-6(4-7)5-9;3*1-2/h5-10,15H,4,11-14H2,1-3H3;1-5H;3*1-2H3/b17-8-;;;;. The first-order valence-corrected chi connectivity index (χ1v) is 13.4. The quantitative estimate of drug-likeness (QED) is 0.292. The summed E-state index contributed by atoms with van der Waals surface area (Å²) in [6.45, 7) is 20.3. The molecule has 2 aromatic rings. The lowest BCUT2D eigenvalue weighted by Gasteiger charge is -2.40. The van der Waals surface area contributed by atoms with Crippen LogP contribution in [0.4, 0.5) is 0 Å². The average Bonchev–Trinajstić information content (AvgIpc) is 2.91. The van der Waals surface area contributed by atoms with Crippen LogP contribution in [0.1, 0.15) is 77.7 Å². The van der Waals surface area contributed by atoms with Crippen molar-refractivity contribution in [1.82, 2.24) is 9.80 Å². The highest BCUT2D eigenvalue weighted by molar-refractivity contribution is 6.30. The number of likely N-dealkylation sites (N-methyl/N-ethyl adjacent to an activating group) is 1. The van der Waals surface area contributed by atoms with Gasteiger partial charge in [-0.05, 0) is 44.2 Å². The van der Waals surface area contributed by atoms with Gasteiger partial charge in [0.05, 0.1) is 0 Å². The van der Waals surface area contributed by atoms with Gasteiger partial charge >= 0.3 is 0 Å². The van der Waals surface area contributed by atoms with Crippen LogP contribution in [0.25, 0.3) is 0 Å². The van der Waals surface area contributed by atoms with E-state index in [1.807, 2.05) is 47.6 Å². The van der Waals surface area contributed by atoms with Gasteiger partial charge in [-0.25, -0.2) is 0 Å². The van der Waals surface area contributed by atoms with E-state index in [9.17, 15) is 4.79 Å². The van der Waals surface area contributed by atoms with Crippen LogP contribution in [0.5, 0.6) is 0 Å². The van der Waals surface area contributed by atoms with Crippen molar-refractivity contribution in [2.24, 2.45) is 0 Å². The monoisotopic (exact) mass is 504 g/mol. The predicted molar refractivity (Wildman–Crippen MR) is 154 cm³/mol. The molecule has 0 N–H and O–H groups in total. The second-order valence-electron chi connectivity index (χ2n) is 7.20. The number of hydrogen-bond acceptors (Lipinski definition) is 4. The lowest BCUT2D eigenvalue weighted by molar-refractivity contribution is 0.0397. The summed E-state index contributed by atoms with van der Waals surface area (Å²) in [5, 5.41) is 0.597. The summed E-state index contributed by atoms with van der Waals surface area (Å²) in [4.78, 5) is 14.9. The van der Waals surface area contributed by atoms with Crippen molar-refractivity contribution in [3.8, 4) is 0 Å². The number of halogens is 1. The molecule has 0 saturated carbocycles. The summed E-state index contributed by atoms with van der Waals surface area (Å²) in [5.41, 5.74) is 1.83. The fourth-order valence-corrected chi connectivity index (χ4v) is 3.41. The molecule has 2 aromatic carbocycles. The number of piperazine rings is 1. The van der Waals surface area contributed by atoms with Crippen LogP contribution in [0.15, 0.2) is 66.6 Å². The first-order valence-electron chi connectivity index (χ1n) is 13.1. The molecular weight excluding hydrogens is 456 g/mol. The number of benzene rings is 2. The highest BCUT2D eigenvalue weighted by atomic mass is 35.5. The van der Waals surface area contributed by atoms with Crippen molar-refractivity contribution in [2.75, 3.05) is 26.7 Å². The second-order valence-corrected chi connectivity index (χ2v) is 7.64. The molecule has 198 valence electrons. The Hall–Kier alpha value is -2.30. The molecule has 3 rings (SSSR count). The van der Waals surface area contributed by atoms with Crippen LogP contribution in [0.3, 0.4) is 0 Å². The topological polar surface area (TPSA) is 32.8 Å². The van der Waals surface area contributed by atoms with Crippen LogP contribution in [0, 0.1) is 0 Å². The van der Waals surface area contributed by atoms with E-state index in [0.29, 0.717) is 23.2 Å². The van der Waals surface area contributed by atoms with E-state index in [2.05, 4.69) is 61.0 Å². The zero-order chi connectivity index (χ0) is 27.1. The fourth-order valence-electron chi connectivity index (χ4n) is 3.21. The molecule has 1 unspecified atom stereocenters. The molecule has 0 radical (unpaired) electrons. The van der Waals surface area contributed by atoms with E-state index in [1.54, 1.807) is 24.3 Å². The van der Waals surface area contributed by atoms with E-state index >= 15 is 0 Å². The summed E-state index contributed by atoms with van der Waals surface area (Å²) in [5.74, 6) is 1.04. The molecule has 1 atom stereocenters. The van der Waals surface area contributed by atoms with Gasteiger partial charge in [0.25, 0.3) is 0 Å². The molecule has 5 heteroatoms. The largest absolute Gasteiger partial charge is 0.474 e. The van der Waals surface area contributed by atoms with Gasteiger partial charge < -0.3 is 14.5 Å². The SMILES string of the molecule is CC.CC.CC.CC/C=C(\OCc1ccccc1)N1CCN(C)CC1C.O=Cc1cccc(Cl)c1. The maximum Gasteiger partial charge on any atom is 0.185 e. The first-order chi connectivity index (χ1) is 17.0. The van der Waals surface area contributed by atoms with Crippen LogP contribution in [-0.4, -0.2) is 48.8 Å². The Morgan fingerprint density at radius 3 is 2.11 bits per heavy atom. The molecule has 1 fully saturated rings. The minimum absolute atomic E-state index is 0.502. The van der Waals surface area contributed by atoms with E-state index in [1.165, 1.54) is 5.56 Å². The number of carbonyl (C=O) groups is 1. The molecule has 35 heavy (non-hydrogen) atoms. The van der Waals surface area contributed by atoms with Crippen molar-refractivity contribution in [1.29, 1.82) is 0 Å². The Bertz CT molecular complexity index is 781. The Kier molecular flexibility index (Phi) is 23.4. The Morgan fingerprint density at radius 2 is 1.63 bits per heavy atom. The number of hydrogen-bond donors (Lipinski definition) is 0. The fraction of sp³-hybridized carbons (Fsp3) is 0.500. The molecule has 0 amide bonds. The third-order valence-corrected chi connectivity index (χ3v) is 4.94. The van der Waals surface area contributed by atoms with Crippen LogP contribution in [0.2, 0.25) is 5.02 Å². The molecule has 0 bridgehead atoms. The summed E-state index contributed by atoms with van der Waals surface area (Å²) in [6.07, 6.45) is 3.97. The average molecular weight is 505 g/mol. The number of ether oxygens (including phenoxy) is 1. The van der Waals surface area contributed by atoms with E-state index < -0.39 is 0 Å². The Balaban J connectivity index is 0. The Labute approximate surface area is 220 Å². The minimum atomic E-state index is 0.502. The third kappa shape index (κ3) is 15.3. The molecule has 0 spiro atoms. The number of aldehydes is 1. The van der Waals surface area contributed by atoms with Gasteiger partial charge in [0.2, 0.25) is 0 Å². The zero-order valence-corrected chi connectivity index (χ0v) is 24.3. The smallest absolute Gasteiger partial charge is 0.185 e. The highest BCUT2D eigenvalue weighted by Gasteiger charge is 2.24. The number of carbonyl (C=O) groups excluding carboxylic acids is 1. The van der Waals surface area contributed by atoms with Gasteiger partial charge in [0, 0.05) is 36.3 Å². The van der Waals surface area contributed by atoms with Gasteiger partial charge in [-0.15, -0.1) is 0 Å². The van der Waals surface area contributed by atoms with E-state index in [0.717, 1.165) is 38.2 Å². The van der Waals surface area contributed by atoms with Crippen molar-refractivity contribution in [3.63, 3.8) is 0 Å². The van der Waals surface area contributed by atoms with E-state index in [-0.39, 0.29) is 0 Å². The zero-order valence-electron chi connectivity index (χ0n) is 23.6. The van der Waals surface area contributed by atoms with Crippen LogP contribution in [-0.2, 0) is 11.3 Å². The molecule has 1 aliphatic heterocycles. The molecular formula is C30H49ClN2O2. The summed E-state index contributed by atoms with van der Waals surface area (Å²) < 4.78 is 6.08. The maximum absolute atomic E-state index is 10.1. The molecule has 4 nitrogen and oxygen atoms in total. The lowest BCUT2D eigenvalue weighted by Crippen LogP contribution is -2.50. The van der Waals surface area contributed by atoms with Crippen molar-refractivity contribution >= 4 is 17.9 Å². The van der Waals surface area contributed by atoms with Gasteiger partial charge in [-0.2, -0.15) is 0 Å². The van der Waals surface area contributed by atoms with Crippen molar-refractivity contribution < 1.29 is 9.53 Å². The molecule has 1 aliphatic rings. The maximum atomic E-state index is 10.1.